The Balaban J connectivity index is 2.02. The first-order chi connectivity index (χ1) is 9.50. The van der Waals surface area contributed by atoms with E-state index in [1.54, 1.807) is 25.3 Å². The van der Waals surface area contributed by atoms with Crippen LogP contribution in [0.25, 0.3) is 0 Å². The Morgan fingerprint density at radius 1 is 1.40 bits per heavy atom. The van der Waals surface area contributed by atoms with Gasteiger partial charge in [-0.3, -0.25) is 4.72 Å². The first-order valence-electron chi connectivity index (χ1n) is 6.89. The highest BCUT2D eigenvalue weighted by Crippen LogP contribution is 2.22. The van der Waals surface area contributed by atoms with Crippen molar-refractivity contribution in [3.05, 3.63) is 23.8 Å². The van der Waals surface area contributed by atoms with Crippen LogP contribution in [0.15, 0.2) is 18.2 Å². The molecule has 0 saturated carbocycles. The van der Waals surface area contributed by atoms with E-state index in [1.165, 1.54) is 0 Å². The summed E-state index contributed by atoms with van der Waals surface area (Å²) in [5.41, 5.74) is 1.49. The van der Waals surface area contributed by atoms with Gasteiger partial charge in [0.05, 0.1) is 12.9 Å². The highest BCUT2D eigenvalue weighted by Gasteiger charge is 2.21. The lowest BCUT2D eigenvalue weighted by Gasteiger charge is -2.23. The topological polar surface area (TPSA) is 67.4 Å². The Morgan fingerprint density at radius 2 is 2.20 bits per heavy atom. The van der Waals surface area contributed by atoms with E-state index in [9.17, 15) is 8.42 Å². The van der Waals surface area contributed by atoms with Gasteiger partial charge in [-0.1, -0.05) is 6.42 Å². The highest BCUT2D eigenvalue weighted by atomic mass is 32.2. The molecule has 1 saturated heterocycles. The van der Waals surface area contributed by atoms with E-state index in [0.29, 0.717) is 5.69 Å². The third-order valence-electron chi connectivity index (χ3n) is 3.50. The number of methoxy groups -OCH3 is 1. The number of piperidine rings is 1. The molecule has 1 aromatic carbocycles. The lowest BCUT2D eigenvalue weighted by molar-refractivity contribution is 0.412. The first kappa shape index (κ1) is 15.1. The van der Waals surface area contributed by atoms with Crippen LogP contribution < -0.4 is 14.8 Å². The Hall–Kier alpha value is -1.27. The molecule has 0 aliphatic carbocycles. The Labute approximate surface area is 120 Å². The molecule has 20 heavy (non-hydrogen) atoms. The number of rotatable bonds is 5. The fourth-order valence-electron chi connectivity index (χ4n) is 2.49. The zero-order valence-corrected chi connectivity index (χ0v) is 12.8. The second-order valence-electron chi connectivity index (χ2n) is 5.21. The van der Waals surface area contributed by atoms with Gasteiger partial charge in [0, 0.05) is 11.7 Å². The van der Waals surface area contributed by atoms with Crippen molar-refractivity contribution in [1.82, 2.24) is 5.32 Å². The van der Waals surface area contributed by atoms with Crippen LogP contribution in [0.1, 0.15) is 24.8 Å². The molecule has 1 atom stereocenters. The molecule has 2 rings (SSSR count). The van der Waals surface area contributed by atoms with Crippen LogP contribution in [0.3, 0.4) is 0 Å². The van der Waals surface area contributed by atoms with E-state index in [4.69, 9.17) is 4.74 Å². The summed E-state index contributed by atoms with van der Waals surface area (Å²) in [6.45, 7) is 2.79. The van der Waals surface area contributed by atoms with Gasteiger partial charge in [-0.2, -0.15) is 0 Å². The summed E-state index contributed by atoms with van der Waals surface area (Å²) < 4.78 is 32.1. The molecule has 1 aliphatic rings. The van der Waals surface area contributed by atoms with Crippen molar-refractivity contribution in [3.8, 4) is 5.75 Å². The zero-order chi connectivity index (χ0) is 14.6. The molecule has 112 valence electrons. The molecule has 6 heteroatoms. The largest absolute Gasteiger partial charge is 0.496 e. The van der Waals surface area contributed by atoms with Gasteiger partial charge in [0.1, 0.15) is 5.75 Å². The molecular formula is C14H22N2O3S. The molecule has 0 radical (unpaired) electrons. The van der Waals surface area contributed by atoms with Crippen LogP contribution in [0.5, 0.6) is 5.75 Å². The van der Waals surface area contributed by atoms with Crippen LogP contribution in [0.2, 0.25) is 0 Å². The monoisotopic (exact) mass is 298 g/mol. The van der Waals surface area contributed by atoms with E-state index < -0.39 is 10.0 Å². The lowest BCUT2D eigenvalue weighted by atomic mass is 10.1. The van der Waals surface area contributed by atoms with Gasteiger partial charge < -0.3 is 10.1 Å². The number of benzene rings is 1. The highest BCUT2D eigenvalue weighted by molar-refractivity contribution is 7.92. The second kappa shape index (κ2) is 6.45. The van der Waals surface area contributed by atoms with Gasteiger partial charge in [-0.15, -0.1) is 0 Å². The number of sulfonamides is 1. The van der Waals surface area contributed by atoms with Crippen molar-refractivity contribution >= 4 is 15.7 Å². The third kappa shape index (κ3) is 4.11. The summed E-state index contributed by atoms with van der Waals surface area (Å²) in [6.07, 6.45) is 3.14. The molecule has 1 fully saturated rings. The normalized spacial score (nSPS) is 19.6. The van der Waals surface area contributed by atoms with Gasteiger partial charge in [-0.05, 0) is 50.1 Å². The number of hydrogen-bond acceptors (Lipinski definition) is 4. The maximum absolute atomic E-state index is 12.2. The van der Waals surface area contributed by atoms with Crippen molar-refractivity contribution in [1.29, 1.82) is 0 Å². The van der Waals surface area contributed by atoms with Crippen LogP contribution in [-0.4, -0.2) is 33.9 Å². The van der Waals surface area contributed by atoms with Gasteiger partial charge in [0.2, 0.25) is 10.0 Å². The quantitative estimate of drug-likeness (QED) is 0.871. The Kier molecular flexibility index (Phi) is 4.88. The minimum absolute atomic E-state index is 0.0561. The number of nitrogens with one attached hydrogen (secondary N) is 2. The smallest absolute Gasteiger partial charge is 0.234 e. The SMILES string of the molecule is COc1ccc(NS(=O)(=O)CC2CCCCN2)cc1C. The predicted octanol–water partition coefficient (Wildman–Crippen LogP) is 1.89. The van der Waals surface area contributed by atoms with E-state index in [-0.39, 0.29) is 11.8 Å². The first-order valence-corrected chi connectivity index (χ1v) is 8.54. The Bertz CT molecular complexity index is 552. The standard InChI is InChI=1S/C14H22N2O3S/c1-11-9-12(6-7-14(11)19-2)16-20(17,18)10-13-5-3-4-8-15-13/h6-7,9,13,15-16H,3-5,8,10H2,1-2H3. The molecule has 1 unspecified atom stereocenters. The van der Waals surface area contributed by atoms with Crippen molar-refractivity contribution in [2.45, 2.75) is 32.2 Å². The van der Waals surface area contributed by atoms with E-state index >= 15 is 0 Å². The summed E-state index contributed by atoms with van der Waals surface area (Å²) in [5.74, 6) is 0.875. The summed E-state index contributed by atoms with van der Waals surface area (Å²) in [7, 11) is -1.73. The minimum atomic E-state index is -3.32. The molecule has 0 bridgehead atoms. The van der Waals surface area contributed by atoms with Crippen LogP contribution in [0, 0.1) is 6.92 Å². The fraction of sp³-hybridized carbons (Fsp3) is 0.571. The van der Waals surface area contributed by atoms with Crippen LogP contribution in [-0.2, 0) is 10.0 Å². The summed E-state index contributed by atoms with van der Waals surface area (Å²) in [5, 5.41) is 3.25. The minimum Gasteiger partial charge on any atom is -0.496 e. The molecule has 0 amide bonds. The maximum atomic E-state index is 12.2. The fourth-order valence-corrected chi connectivity index (χ4v) is 3.88. The van der Waals surface area contributed by atoms with Crippen molar-refractivity contribution in [3.63, 3.8) is 0 Å². The average molecular weight is 298 g/mol. The molecule has 0 spiro atoms. The predicted molar refractivity (Wildman–Crippen MR) is 80.8 cm³/mol. The zero-order valence-electron chi connectivity index (χ0n) is 12.0. The van der Waals surface area contributed by atoms with Gasteiger partial charge in [0.25, 0.3) is 0 Å². The second-order valence-corrected chi connectivity index (χ2v) is 6.98. The summed E-state index contributed by atoms with van der Waals surface area (Å²) >= 11 is 0. The van der Waals surface area contributed by atoms with Crippen molar-refractivity contribution in [2.24, 2.45) is 0 Å². The molecule has 0 aromatic heterocycles. The number of aryl methyl sites for hydroxylation is 1. The van der Waals surface area contributed by atoms with Crippen molar-refractivity contribution in [2.75, 3.05) is 24.1 Å². The molecular weight excluding hydrogens is 276 g/mol. The van der Waals surface area contributed by atoms with Crippen LogP contribution >= 0.6 is 0 Å². The number of anilines is 1. The van der Waals surface area contributed by atoms with Crippen molar-refractivity contribution < 1.29 is 13.2 Å². The molecule has 2 N–H and O–H groups in total. The summed E-state index contributed by atoms with van der Waals surface area (Å²) in [4.78, 5) is 0. The molecule has 1 aromatic rings. The lowest BCUT2D eigenvalue weighted by Crippen LogP contribution is -2.40. The maximum Gasteiger partial charge on any atom is 0.234 e. The van der Waals surface area contributed by atoms with E-state index in [1.807, 2.05) is 6.92 Å². The molecule has 1 heterocycles. The van der Waals surface area contributed by atoms with Gasteiger partial charge in [-0.25, -0.2) is 8.42 Å². The van der Waals surface area contributed by atoms with Gasteiger partial charge in [0.15, 0.2) is 0 Å². The number of ether oxygens (including phenoxy) is 1. The third-order valence-corrected chi connectivity index (χ3v) is 4.89. The van der Waals surface area contributed by atoms with E-state index in [2.05, 4.69) is 10.0 Å². The number of hydrogen-bond donors (Lipinski definition) is 2. The Morgan fingerprint density at radius 3 is 2.80 bits per heavy atom. The average Bonchev–Trinajstić information content (AvgIpc) is 2.39. The van der Waals surface area contributed by atoms with E-state index in [0.717, 1.165) is 37.1 Å². The molecule has 5 nitrogen and oxygen atoms in total. The van der Waals surface area contributed by atoms with Crippen LogP contribution in [0.4, 0.5) is 5.69 Å². The van der Waals surface area contributed by atoms with Gasteiger partial charge >= 0.3 is 0 Å². The molecule has 1 aliphatic heterocycles. The summed E-state index contributed by atoms with van der Waals surface area (Å²) in [6, 6.07) is 5.33.